The van der Waals surface area contributed by atoms with Gasteiger partial charge in [-0.25, -0.2) is 9.78 Å². The van der Waals surface area contributed by atoms with Crippen molar-refractivity contribution in [2.45, 2.75) is 18.9 Å². The second-order valence-electron chi connectivity index (χ2n) is 3.70. The molecular formula is C10H12N2O4S. The Morgan fingerprint density at radius 3 is 2.76 bits per heavy atom. The predicted octanol–water partition coefficient (Wildman–Crippen LogP) is 0.750. The second-order valence-corrected chi connectivity index (χ2v) is 4.56. The van der Waals surface area contributed by atoms with E-state index in [1.54, 1.807) is 0 Å². The van der Waals surface area contributed by atoms with E-state index in [2.05, 4.69) is 10.3 Å². The lowest BCUT2D eigenvalue weighted by Gasteiger charge is -2.22. The molecule has 6 nitrogen and oxygen atoms in total. The summed E-state index contributed by atoms with van der Waals surface area (Å²) in [6.07, 6.45) is 1.56. The average molecular weight is 256 g/mol. The van der Waals surface area contributed by atoms with Crippen molar-refractivity contribution in [2.75, 3.05) is 13.2 Å². The lowest BCUT2D eigenvalue weighted by Crippen LogP contribution is -2.38. The minimum atomic E-state index is -1.12. The van der Waals surface area contributed by atoms with Gasteiger partial charge in [-0.15, -0.1) is 11.3 Å². The number of carbonyl (C=O) groups excluding carboxylic acids is 1. The Morgan fingerprint density at radius 2 is 2.18 bits per heavy atom. The first-order valence-electron chi connectivity index (χ1n) is 5.24. The molecule has 0 radical (unpaired) electrons. The molecular weight excluding hydrogens is 244 g/mol. The van der Waals surface area contributed by atoms with Gasteiger partial charge in [0.25, 0.3) is 5.91 Å². The van der Waals surface area contributed by atoms with E-state index in [-0.39, 0.29) is 22.7 Å². The van der Waals surface area contributed by atoms with Crippen LogP contribution in [-0.2, 0) is 4.74 Å². The number of carboxylic acids is 1. The number of thiazole rings is 1. The molecule has 1 aliphatic heterocycles. The Labute approximate surface area is 102 Å². The van der Waals surface area contributed by atoms with E-state index in [0.717, 1.165) is 24.2 Å². The van der Waals surface area contributed by atoms with Crippen LogP contribution in [0.4, 0.5) is 0 Å². The zero-order valence-corrected chi connectivity index (χ0v) is 9.83. The van der Waals surface area contributed by atoms with E-state index >= 15 is 0 Å². The number of carbonyl (C=O) groups is 2. The number of ether oxygens (including phenoxy) is 1. The van der Waals surface area contributed by atoms with Gasteiger partial charge >= 0.3 is 5.97 Å². The summed E-state index contributed by atoms with van der Waals surface area (Å²) in [6.45, 7) is 1.28. The fourth-order valence-electron chi connectivity index (χ4n) is 1.57. The van der Waals surface area contributed by atoms with E-state index in [9.17, 15) is 9.59 Å². The van der Waals surface area contributed by atoms with Gasteiger partial charge in [-0.1, -0.05) is 0 Å². The number of nitrogens with one attached hydrogen (secondary N) is 1. The molecule has 7 heteroatoms. The summed E-state index contributed by atoms with van der Waals surface area (Å²) in [6, 6.07) is 0.0911. The van der Waals surface area contributed by atoms with Crippen molar-refractivity contribution in [1.82, 2.24) is 10.3 Å². The fourth-order valence-corrected chi connectivity index (χ4v) is 2.26. The molecule has 1 amide bonds. The quantitative estimate of drug-likeness (QED) is 0.833. The maximum absolute atomic E-state index is 11.8. The maximum atomic E-state index is 11.8. The molecule has 0 atom stereocenters. The third-order valence-corrected chi connectivity index (χ3v) is 3.32. The van der Waals surface area contributed by atoms with Crippen LogP contribution >= 0.6 is 11.3 Å². The lowest BCUT2D eigenvalue weighted by molar-refractivity contribution is 0.0691. The van der Waals surface area contributed by atoms with E-state index < -0.39 is 5.97 Å². The predicted molar refractivity (Wildman–Crippen MR) is 60.4 cm³/mol. The Balaban J connectivity index is 1.96. The first kappa shape index (κ1) is 12.0. The van der Waals surface area contributed by atoms with Crippen LogP contribution in [-0.4, -0.2) is 41.2 Å². The number of rotatable bonds is 3. The van der Waals surface area contributed by atoms with Gasteiger partial charge in [0.15, 0.2) is 10.7 Å². The number of hydrogen-bond acceptors (Lipinski definition) is 5. The Hall–Kier alpha value is -1.47. The van der Waals surface area contributed by atoms with Gasteiger partial charge in [-0.05, 0) is 12.8 Å². The third kappa shape index (κ3) is 3.01. The van der Waals surface area contributed by atoms with Crippen LogP contribution in [0.25, 0.3) is 0 Å². The molecule has 0 aliphatic carbocycles. The number of aromatic nitrogens is 1. The standard InChI is InChI=1S/C10H12N2O4S/c13-8(11-6-1-3-16-4-2-6)9-12-7(5-17-9)10(14)15/h5-6H,1-4H2,(H,11,13)(H,14,15). The molecule has 2 N–H and O–H groups in total. The van der Waals surface area contributed by atoms with E-state index in [1.165, 1.54) is 5.38 Å². The normalized spacial score (nSPS) is 16.7. The molecule has 2 rings (SSSR count). The van der Waals surface area contributed by atoms with Gasteiger partial charge in [0.1, 0.15) is 0 Å². The van der Waals surface area contributed by atoms with Crippen LogP contribution in [0.5, 0.6) is 0 Å². The van der Waals surface area contributed by atoms with Gasteiger partial charge in [-0.2, -0.15) is 0 Å². The van der Waals surface area contributed by atoms with Crippen LogP contribution in [0.1, 0.15) is 33.1 Å². The SMILES string of the molecule is O=C(O)c1csc(C(=O)NC2CCOCC2)n1. The molecule has 0 spiro atoms. The van der Waals surface area contributed by atoms with Crippen LogP contribution < -0.4 is 5.32 Å². The topological polar surface area (TPSA) is 88.5 Å². The Kier molecular flexibility index (Phi) is 3.70. The van der Waals surface area contributed by atoms with Gasteiger partial charge in [0.05, 0.1) is 0 Å². The summed E-state index contributed by atoms with van der Waals surface area (Å²) in [7, 11) is 0. The van der Waals surface area contributed by atoms with Gasteiger partial charge in [-0.3, -0.25) is 4.79 Å². The van der Waals surface area contributed by atoms with E-state index in [0.29, 0.717) is 13.2 Å². The first-order chi connectivity index (χ1) is 8.16. The molecule has 1 aromatic heterocycles. The molecule has 0 aromatic carbocycles. The molecule has 0 unspecified atom stereocenters. The fraction of sp³-hybridized carbons (Fsp3) is 0.500. The molecule has 1 saturated heterocycles. The zero-order valence-electron chi connectivity index (χ0n) is 9.01. The Bertz CT molecular complexity index is 426. The molecule has 2 heterocycles. The van der Waals surface area contributed by atoms with Crippen molar-refractivity contribution >= 4 is 23.2 Å². The maximum Gasteiger partial charge on any atom is 0.355 e. The van der Waals surface area contributed by atoms with Gasteiger partial charge < -0.3 is 15.2 Å². The van der Waals surface area contributed by atoms with Crippen LogP contribution in [0.2, 0.25) is 0 Å². The zero-order chi connectivity index (χ0) is 12.3. The summed E-state index contributed by atoms with van der Waals surface area (Å²) in [4.78, 5) is 26.1. The van der Waals surface area contributed by atoms with Crippen molar-refractivity contribution < 1.29 is 19.4 Å². The number of carboxylic acid groups (broad SMARTS) is 1. The molecule has 0 bridgehead atoms. The summed E-state index contributed by atoms with van der Waals surface area (Å²) < 4.78 is 5.18. The number of hydrogen-bond donors (Lipinski definition) is 2. The van der Waals surface area contributed by atoms with Crippen LogP contribution in [0.15, 0.2) is 5.38 Å². The molecule has 1 aromatic rings. The second kappa shape index (κ2) is 5.24. The highest BCUT2D eigenvalue weighted by molar-refractivity contribution is 7.11. The molecule has 17 heavy (non-hydrogen) atoms. The summed E-state index contributed by atoms with van der Waals surface area (Å²) in [5.41, 5.74) is -0.0906. The first-order valence-corrected chi connectivity index (χ1v) is 6.12. The highest BCUT2D eigenvalue weighted by Crippen LogP contribution is 2.12. The summed E-state index contributed by atoms with van der Waals surface area (Å²) in [5, 5.41) is 13.1. The van der Waals surface area contributed by atoms with Crippen molar-refractivity contribution in [1.29, 1.82) is 0 Å². The largest absolute Gasteiger partial charge is 0.476 e. The van der Waals surface area contributed by atoms with Crippen LogP contribution in [0, 0.1) is 0 Å². The minimum Gasteiger partial charge on any atom is -0.476 e. The molecule has 1 aliphatic rings. The highest BCUT2D eigenvalue weighted by atomic mass is 32.1. The smallest absolute Gasteiger partial charge is 0.355 e. The Morgan fingerprint density at radius 1 is 1.47 bits per heavy atom. The average Bonchev–Trinajstić information content (AvgIpc) is 2.79. The molecule has 1 fully saturated rings. The van der Waals surface area contributed by atoms with Crippen molar-refractivity contribution in [2.24, 2.45) is 0 Å². The van der Waals surface area contributed by atoms with E-state index in [4.69, 9.17) is 9.84 Å². The number of amides is 1. The van der Waals surface area contributed by atoms with Crippen LogP contribution in [0.3, 0.4) is 0 Å². The van der Waals surface area contributed by atoms with Crippen molar-refractivity contribution in [3.63, 3.8) is 0 Å². The lowest BCUT2D eigenvalue weighted by atomic mass is 10.1. The van der Waals surface area contributed by atoms with E-state index in [1.807, 2.05) is 0 Å². The molecule has 92 valence electrons. The molecule has 0 saturated carbocycles. The van der Waals surface area contributed by atoms with Gasteiger partial charge in [0, 0.05) is 24.6 Å². The third-order valence-electron chi connectivity index (χ3n) is 2.47. The highest BCUT2D eigenvalue weighted by Gasteiger charge is 2.20. The van der Waals surface area contributed by atoms with Crippen molar-refractivity contribution in [3.8, 4) is 0 Å². The van der Waals surface area contributed by atoms with Gasteiger partial charge in [0.2, 0.25) is 0 Å². The monoisotopic (exact) mass is 256 g/mol. The number of aromatic carboxylic acids is 1. The minimum absolute atomic E-state index is 0.0906. The summed E-state index contributed by atoms with van der Waals surface area (Å²) in [5.74, 6) is -1.43. The number of nitrogens with zero attached hydrogens (tertiary/aromatic N) is 1. The van der Waals surface area contributed by atoms with Crippen molar-refractivity contribution in [3.05, 3.63) is 16.1 Å². The summed E-state index contributed by atoms with van der Waals surface area (Å²) >= 11 is 1.04.